The van der Waals surface area contributed by atoms with Crippen LogP contribution in [0.2, 0.25) is 0 Å². The van der Waals surface area contributed by atoms with E-state index in [0.29, 0.717) is 6.42 Å². The molecule has 0 aliphatic carbocycles. The van der Waals surface area contributed by atoms with Crippen molar-refractivity contribution in [3.8, 4) is 0 Å². The normalized spacial score (nSPS) is 15.0. The molecule has 0 aliphatic rings. The highest BCUT2D eigenvalue weighted by molar-refractivity contribution is 7.96. The Kier molecular flexibility index (Phi) is 14.4. The second-order valence-corrected chi connectivity index (χ2v) is 9.23. The second-order valence-electron chi connectivity index (χ2n) is 8.78. The fraction of sp³-hybridized carbons (Fsp3) is 0.682. The average molecular weight is 533 g/mol. The molecule has 14 heteroatoms. The summed E-state index contributed by atoms with van der Waals surface area (Å²) in [5.41, 5.74) is 0. The molecule has 6 N–H and O–H groups in total. The maximum absolute atomic E-state index is 13.1. The van der Waals surface area contributed by atoms with Crippen molar-refractivity contribution in [2.75, 3.05) is 0 Å². The first-order valence-corrected chi connectivity index (χ1v) is 11.9. The Morgan fingerprint density at radius 2 is 1.28 bits per heavy atom. The number of nitrogens with one attached hydrogen (secondary N) is 4. The first-order valence-electron chi connectivity index (χ1n) is 11.4. The van der Waals surface area contributed by atoms with Crippen molar-refractivity contribution >= 4 is 53.3 Å². The van der Waals surface area contributed by atoms with Crippen molar-refractivity contribution in [1.29, 1.82) is 0 Å². The van der Waals surface area contributed by atoms with Gasteiger partial charge >= 0.3 is 11.9 Å². The molecule has 204 valence electrons. The molecule has 0 bridgehead atoms. The van der Waals surface area contributed by atoms with E-state index in [4.69, 9.17) is 10.2 Å². The number of carboxylic acids is 2. The van der Waals surface area contributed by atoms with E-state index in [2.05, 4.69) is 33.9 Å². The van der Waals surface area contributed by atoms with E-state index < -0.39 is 83.6 Å². The minimum atomic E-state index is -1.44. The molecule has 0 unspecified atom stereocenters. The third-order valence-corrected chi connectivity index (χ3v) is 5.69. The topological polar surface area (TPSA) is 208 Å². The van der Waals surface area contributed by atoms with Gasteiger partial charge in [-0.3, -0.25) is 33.6 Å². The number of thiol groups is 1. The largest absolute Gasteiger partial charge is 0.481 e. The zero-order valence-corrected chi connectivity index (χ0v) is 21.9. The lowest BCUT2D eigenvalue weighted by molar-refractivity contribution is -0.140. The summed E-state index contributed by atoms with van der Waals surface area (Å²) < 4.78 is 0. The van der Waals surface area contributed by atoms with E-state index in [-0.39, 0.29) is 12.3 Å². The third-order valence-electron chi connectivity index (χ3n) is 5.37. The number of carbonyl (C=O) groups is 7. The highest BCUT2D eigenvalue weighted by atomic mass is 32.1. The van der Waals surface area contributed by atoms with Gasteiger partial charge in [-0.05, 0) is 18.3 Å². The van der Waals surface area contributed by atoms with Crippen LogP contribution >= 0.6 is 12.6 Å². The SMILES string of the molecule is CC[C@H](C)[C@H](NC(=O)[C@H](CCC(=O)O)NC(=O)[C@@H](NC(C)=O)C(C)C)C(=O)N[C@@H](CC(=O)O)C(=O)S. The van der Waals surface area contributed by atoms with Crippen LogP contribution in [0.1, 0.15) is 60.3 Å². The number of carboxylic acid groups (broad SMARTS) is 2. The van der Waals surface area contributed by atoms with Crippen molar-refractivity contribution in [2.24, 2.45) is 11.8 Å². The van der Waals surface area contributed by atoms with E-state index in [1.54, 1.807) is 27.7 Å². The van der Waals surface area contributed by atoms with Crippen LogP contribution in [0.3, 0.4) is 0 Å². The molecule has 0 aliphatic heterocycles. The van der Waals surface area contributed by atoms with E-state index in [1.807, 2.05) is 0 Å². The molecule has 0 aromatic heterocycles. The van der Waals surface area contributed by atoms with Gasteiger partial charge in [0.15, 0.2) is 0 Å². The van der Waals surface area contributed by atoms with Gasteiger partial charge in [-0.15, -0.1) is 12.6 Å². The summed E-state index contributed by atoms with van der Waals surface area (Å²) in [6, 6.07) is -5.01. The molecular formula is C22H36N4O9S. The van der Waals surface area contributed by atoms with Crippen molar-refractivity contribution in [2.45, 2.75) is 84.5 Å². The summed E-state index contributed by atoms with van der Waals surface area (Å²) in [5.74, 6) is -6.27. The summed E-state index contributed by atoms with van der Waals surface area (Å²) in [7, 11) is 0. The molecule has 36 heavy (non-hydrogen) atoms. The Morgan fingerprint density at radius 3 is 1.69 bits per heavy atom. The highest BCUT2D eigenvalue weighted by Gasteiger charge is 2.34. The molecule has 5 atom stereocenters. The molecule has 0 heterocycles. The van der Waals surface area contributed by atoms with Gasteiger partial charge in [0.1, 0.15) is 24.2 Å². The van der Waals surface area contributed by atoms with Gasteiger partial charge in [0.25, 0.3) is 0 Å². The Morgan fingerprint density at radius 1 is 0.750 bits per heavy atom. The Balaban J connectivity index is 5.83. The number of aliphatic carboxylic acids is 2. The Bertz CT molecular complexity index is 849. The van der Waals surface area contributed by atoms with Gasteiger partial charge in [0.05, 0.1) is 6.42 Å². The molecule has 0 rings (SSSR count). The van der Waals surface area contributed by atoms with Crippen molar-refractivity contribution in [1.82, 2.24) is 21.3 Å². The molecule has 0 fully saturated rings. The first-order chi connectivity index (χ1) is 16.6. The van der Waals surface area contributed by atoms with Crippen molar-refractivity contribution < 1.29 is 43.8 Å². The molecule has 0 saturated carbocycles. The highest BCUT2D eigenvalue weighted by Crippen LogP contribution is 2.11. The van der Waals surface area contributed by atoms with Gasteiger partial charge in [0, 0.05) is 13.3 Å². The van der Waals surface area contributed by atoms with Gasteiger partial charge in [-0.1, -0.05) is 34.1 Å². The van der Waals surface area contributed by atoms with Crippen LogP contribution < -0.4 is 21.3 Å². The fourth-order valence-corrected chi connectivity index (χ4v) is 3.30. The number of rotatable bonds is 16. The molecule has 13 nitrogen and oxygen atoms in total. The lowest BCUT2D eigenvalue weighted by Gasteiger charge is -2.29. The number of amides is 4. The molecule has 0 saturated heterocycles. The summed E-state index contributed by atoms with van der Waals surface area (Å²) in [4.78, 5) is 83.9. The zero-order chi connectivity index (χ0) is 28.2. The van der Waals surface area contributed by atoms with Gasteiger partial charge in [-0.2, -0.15) is 0 Å². The molecule has 4 amide bonds. The number of carbonyl (C=O) groups excluding carboxylic acids is 5. The monoisotopic (exact) mass is 532 g/mol. The zero-order valence-electron chi connectivity index (χ0n) is 21.0. The molecule has 0 spiro atoms. The minimum absolute atomic E-state index is 0.302. The number of hydrogen-bond donors (Lipinski definition) is 7. The lowest BCUT2D eigenvalue weighted by atomic mass is 9.96. The smallest absolute Gasteiger partial charge is 0.305 e. The molecule has 0 radical (unpaired) electrons. The Labute approximate surface area is 214 Å². The minimum Gasteiger partial charge on any atom is -0.481 e. The van der Waals surface area contributed by atoms with Gasteiger partial charge in [0.2, 0.25) is 28.7 Å². The summed E-state index contributed by atoms with van der Waals surface area (Å²) in [6.45, 7) is 7.94. The predicted octanol–water partition coefficient (Wildman–Crippen LogP) is -0.556. The Hall–Kier alpha value is -3.16. The molecular weight excluding hydrogens is 496 g/mol. The van der Waals surface area contributed by atoms with E-state index in [0.717, 1.165) is 0 Å². The molecule has 0 aromatic carbocycles. The van der Waals surface area contributed by atoms with Crippen LogP contribution in [0.5, 0.6) is 0 Å². The third kappa shape index (κ3) is 12.0. The average Bonchev–Trinajstić information content (AvgIpc) is 2.76. The van der Waals surface area contributed by atoms with Crippen LogP contribution in [-0.4, -0.2) is 75.1 Å². The molecule has 0 aromatic rings. The fourth-order valence-electron chi connectivity index (χ4n) is 3.14. The maximum atomic E-state index is 13.1. The summed E-state index contributed by atoms with van der Waals surface area (Å²) in [6.07, 6.45) is -1.09. The maximum Gasteiger partial charge on any atom is 0.305 e. The van der Waals surface area contributed by atoms with Gasteiger partial charge in [-0.25, -0.2) is 0 Å². The van der Waals surface area contributed by atoms with E-state index in [9.17, 15) is 33.6 Å². The lowest BCUT2D eigenvalue weighted by Crippen LogP contribution is -2.59. The van der Waals surface area contributed by atoms with Crippen molar-refractivity contribution in [3.63, 3.8) is 0 Å². The van der Waals surface area contributed by atoms with Crippen LogP contribution in [0.15, 0.2) is 0 Å². The standard InChI is InChI=1S/C22H36N4O9S/c1-6-11(4)18(21(34)25-14(22(35)36)9-16(30)31)26-19(32)13(7-8-15(28)29)24-20(33)17(10(2)3)23-12(5)27/h10-11,13-14,17-18H,6-9H2,1-5H3,(H,23,27)(H,24,33)(H,25,34)(H,26,32)(H,28,29)(H,30,31)(H,35,36)/t11-,13-,14-,17-,18-/m0/s1. The summed E-state index contributed by atoms with van der Waals surface area (Å²) in [5, 5.41) is 26.8. The number of hydrogen-bond acceptors (Lipinski definition) is 7. The van der Waals surface area contributed by atoms with Crippen LogP contribution in [0, 0.1) is 11.8 Å². The van der Waals surface area contributed by atoms with Crippen molar-refractivity contribution in [3.05, 3.63) is 0 Å². The van der Waals surface area contributed by atoms with Gasteiger partial charge < -0.3 is 31.5 Å². The van der Waals surface area contributed by atoms with E-state index in [1.165, 1.54) is 6.92 Å². The first kappa shape index (κ1) is 32.8. The van der Waals surface area contributed by atoms with Crippen LogP contribution in [0.25, 0.3) is 0 Å². The quantitative estimate of drug-likeness (QED) is 0.127. The van der Waals surface area contributed by atoms with Crippen LogP contribution in [0.4, 0.5) is 0 Å². The van der Waals surface area contributed by atoms with E-state index >= 15 is 0 Å². The van der Waals surface area contributed by atoms with Crippen LogP contribution in [-0.2, 0) is 33.6 Å². The predicted molar refractivity (Wildman–Crippen MR) is 131 cm³/mol. The second kappa shape index (κ2) is 15.8. The summed E-state index contributed by atoms with van der Waals surface area (Å²) >= 11 is 3.59.